The summed E-state index contributed by atoms with van der Waals surface area (Å²) >= 11 is 0. The van der Waals surface area contributed by atoms with Gasteiger partial charge >= 0.3 is 6.03 Å². The van der Waals surface area contributed by atoms with E-state index in [1.807, 2.05) is 57.8 Å². The number of ether oxygens (including phenoxy) is 3. The van der Waals surface area contributed by atoms with Gasteiger partial charge in [0.25, 0.3) is 0 Å². The van der Waals surface area contributed by atoms with Crippen molar-refractivity contribution in [3.63, 3.8) is 0 Å². The van der Waals surface area contributed by atoms with Gasteiger partial charge in [-0.25, -0.2) is 18.9 Å². The second-order valence-corrected chi connectivity index (χ2v) is 28.3. The number of nitrogens with zero attached hydrogens (tertiary/aromatic N) is 6. The Morgan fingerprint density at radius 3 is 2.35 bits per heavy atom. The summed E-state index contributed by atoms with van der Waals surface area (Å²) in [5.74, 6) is 0.478. The number of halogens is 1. The van der Waals surface area contributed by atoms with Gasteiger partial charge in [0.1, 0.15) is 25.8 Å². The van der Waals surface area contributed by atoms with Crippen LogP contribution in [0.15, 0.2) is 60.7 Å². The Morgan fingerprint density at radius 1 is 0.947 bits per heavy atom. The molecular formula is C43H56FN7O4Si2. The van der Waals surface area contributed by atoms with Gasteiger partial charge in [0.2, 0.25) is 0 Å². The van der Waals surface area contributed by atoms with Crippen LogP contribution in [0.1, 0.15) is 35.9 Å². The van der Waals surface area contributed by atoms with Crippen LogP contribution in [0, 0.1) is 17.1 Å². The molecule has 3 heterocycles. The Bertz CT molecular complexity index is 2220. The molecule has 14 heteroatoms. The lowest BCUT2D eigenvalue weighted by molar-refractivity contribution is 0.0814. The molecule has 11 nitrogen and oxygen atoms in total. The average Bonchev–Trinajstić information content (AvgIpc) is 3.85. The van der Waals surface area contributed by atoms with E-state index >= 15 is 4.39 Å². The summed E-state index contributed by atoms with van der Waals surface area (Å²) < 4.78 is 38.2. The first-order valence-electron chi connectivity index (χ1n) is 19.9. The van der Waals surface area contributed by atoms with Crippen LogP contribution in [-0.2, 0) is 49.1 Å². The van der Waals surface area contributed by atoms with Crippen LogP contribution in [0.2, 0.25) is 51.4 Å². The molecule has 0 fully saturated rings. The minimum atomic E-state index is -1.34. The van der Waals surface area contributed by atoms with E-state index in [9.17, 15) is 4.79 Å². The second-order valence-electron chi connectivity index (χ2n) is 17.1. The average molecular weight is 810 g/mol. The molecule has 0 radical (unpaired) electrons. The molecule has 2 aromatic heterocycles. The fourth-order valence-electron chi connectivity index (χ4n) is 6.73. The molecule has 0 saturated heterocycles. The third-order valence-corrected chi connectivity index (χ3v) is 13.5. The number of amides is 2. The van der Waals surface area contributed by atoms with Crippen LogP contribution in [-0.4, -0.2) is 66.2 Å². The van der Waals surface area contributed by atoms with Gasteiger partial charge in [0.15, 0.2) is 17.4 Å². The molecule has 2 amide bonds. The molecule has 302 valence electrons. The van der Waals surface area contributed by atoms with E-state index < -0.39 is 22.0 Å². The summed E-state index contributed by atoms with van der Waals surface area (Å²) in [6.07, 6.45) is 0.933. The van der Waals surface area contributed by atoms with Crippen molar-refractivity contribution in [2.45, 2.75) is 104 Å². The molecule has 0 spiro atoms. The second kappa shape index (κ2) is 18.2. The number of aryl methyl sites for hydroxylation is 1. The van der Waals surface area contributed by atoms with Gasteiger partial charge in [-0.1, -0.05) is 82.6 Å². The van der Waals surface area contributed by atoms with Gasteiger partial charge in [-0.05, 0) is 65.0 Å². The van der Waals surface area contributed by atoms with E-state index in [2.05, 4.69) is 63.7 Å². The number of carbonyl (C=O) groups is 1. The lowest BCUT2D eigenvalue weighted by atomic mass is 9.96. The topological polar surface area (TPSA) is 119 Å². The zero-order valence-electron chi connectivity index (χ0n) is 34.5. The Hall–Kier alpha value is -4.82. The van der Waals surface area contributed by atoms with Crippen molar-refractivity contribution in [3.8, 4) is 34.5 Å². The number of nitrogens with one attached hydrogen (secondary N) is 1. The van der Waals surface area contributed by atoms with E-state index in [4.69, 9.17) is 29.6 Å². The molecular weight excluding hydrogens is 754 g/mol. The first kappa shape index (κ1) is 41.8. The zero-order valence-corrected chi connectivity index (χ0v) is 36.5. The molecule has 6 rings (SSSR count). The zero-order chi connectivity index (χ0) is 40.7. The van der Waals surface area contributed by atoms with Crippen molar-refractivity contribution in [3.05, 3.63) is 89.0 Å². The number of urea groups is 1. The Kier molecular flexibility index (Phi) is 13.3. The highest BCUT2D eigenvalue weighted by atomic mass is 28.3. The van der Waals surface area contributed by atoms with E-state index in [0.717, 1.165) is 56.6 Å². The van der Waals surface area contributed by atoms with E-state index in [0.29, 0.717) is 50.8 Å². The first-order valence-corrected chi connectivity index (χ1v) is 27.3. The summed E-state index contributed by atoms with van der Waals surface area (Å²) in [6, 6.07) is 23.1. The molecule has 3 aromatic carbocycles. The van der Waals surface area contributed by atoms with E-state index in [1.165, 1.54) is 0 Å². The van der Waals surface area contributed by atoms with Crippen LogP contribution in [0.4, 0.5) is 9.18 Å². The van der Waals surface area contributed by atoms with E-state index in [-0.39, 0.29) is 38.3 Å². The number of rotatable bonds is 18. The third kappa shape index (κ3) is 10.6. The largest absolute Gasteiger partial charge is 0.486 e. The maximum absolute atomic E-state index is 15.7. The number of imidazole rings is 1. The maximum Gasteiger partial charge on any atom is 0.318 e. The predicted octanol–water partition coefficient (Wildman–Crippen LogP) is 9.41. The minimum Gasteiger partial charge on any atom is -0.486 e. The molecule has 0 aliphatic carbocycles. The molecule has 1 N–H and O–H groups in total. The number of hydrogen-bond donors (Lipinski definition) is 1. The number of nitriles is 1. The fourth-order valence-corrected chi connectivity index (χ4v) is 8.24. The molecule has 0 atom stereocenters. The van der Waals surface area contributed by atoms with Gasteiger partial charge in [0.05, 0.1) is 42.5 Å². The van der Waals surface area contributed by atoms with Gasteiger partial charge in [-0.15, -0.1) is 0 Å². The van der Waals surface area contributed by atoms with Crippen LogP contribution in [0.3, 0.4) is 0 Å². The van der Waals surface area contributed by atoms with Crippen molar-refractivity contribution >= 4 is 33.1 Å². The monoisotopic (exact) mass is 809 g/mol. The highest BCUT2D eigenvalue weighted by Crippen LogP contribution is 2.37. The summed E-state index contributed by atoms with van der Waals surface area (Å²) in [7, 11) is -2.67. The summed E-state index contributed by atoms with van der Waals surface area (Å²) in [5, 5.41) is 17.8. The van der Waals surface area contributed by atoms with Crippen molar-refractivity contribution in [1.29, 1.82) is 5.26 Å². The van der Waals surface area contributed by atoms with Crippen molar-refractivity contribution < 1.29 is 23.4 Å². The van der Waals surface area contributed by atoms with Gasteiger partial charge in [-0.3, -0.25) is 0 Å². The Balaban J connectivity index is 1.37. The van der Waals surface area contributed by atoms with Crippen molar-refractivity contribution in [2.24, 2.45) is 0 Å². The van der Waals surface area contributed by atoms with Crippen molar-refractivity contribution in [2.75, 3.05) is 19.8 Å². The molecule has 0 unspecified atom stereocenters. The van der Waals surface area contributed by atoms with Gasteiger partial charge in [0, 0.05) is 41.3 Å². The van der Waals surface area contributed by atoms with Crippen LogP contribution in [0.25, 0.3) is 33.5 Å². The molecule has 0 bridgehead atoms. The van der Waals surface area contributed by atoms with Crippen molar-refractivity contribution in [1.82, 2.24) is 29.5 Å². The number of hydrogen-bond acceptors (Lipinski definition) is 7. The smallest absolute Gasteiger partial charge is 0.318 e. The molecule has 1 aliphatic heterocycles. The Labute approximate surface area is 337 Å². The normalized spacial score (nSPS) is 12.9. The van der Waals surface area contributed by atoms with Gasteiger partial charge in [-0.2, -0.15) is 10.4 Å². The highest BCUT2D eigenvalue weighted by molar-refractivity contribution is 6.76. The van der Waals surface area contributed by atoms with Crippen LogP contribution >= 0.6 is 0 Å². The molecule has 1 aliphatic rings. The third-order valence-electron chi connectivity index (χ3n) is 10.1. The minimum absolute atomic E-state index is 0.229. The molecule has 57 heavy (non-hydrogen) atoms. The van der Waals surface area contributed by atoms with Gasteiger partial charge < -0.3 is 29.0 Å². The number of aromatic nitrogens is 4. The van der Waals surface area contributed by atoms with Crippen LogP contribution < -0.4 is 10.1 Å². The van der Waals surface area contributed by atoms with E-state index in [1.54, 1.807) is 11.0 Å². The summed E-state index contributed by atoms with van der Waals surface area (Å²) in [5.41, 5.74) is 6.82. The number of benzene rings is 3. The molecule has 0 saturated carbocycles. The number of fused-ring (bicyclic) bond motifs is 2. The quantitative estimate of drug-likeness (QED) is 0.0692. The lowest BCUT2D eigenvalue weighted by Gasteiger charge is -2.19. The predicted molar refractivity (Wildman–Crippen MR) is 228 cm³/mol. The fraction of sp³-hybridized carbons (Fsp3) is 0.442. The maximum atomic E-state index is 15.7. The highest BCUT2D eigenvalue weighted by Gasteiger charge is 2.32. The lowest BCUT2D eigenvalue weighted by Crippen LogP contribution is -2.37. The number of carbonyl (C=O) groups excluding carboxylic acids is 1. The van der Waals surface area contributed by atoms with Crippen LogP contribution in [0.5, 0.6) is 5.75 Å². The first-order chi connectivity index (χ1) is 27.2. The Morgan fingerprint density at radius 2 is 1.67 bits per heavy atom. The summed E-state index contributed by atoms with van der Waals surface area (Å²) in [4.78, 5) is 19.8. The standard InChI is InChI=1S/C43H56FN7O4Si2/c1-8-32-24-40(55-28-31-13-10-9-11-14-31)36(44)25-35(32)33-15-16-34-38(23-33)51(30-54-20-22-57(5,6)7)48-41(34)42-47-37-26-49(43(52)46-18-12-17-45)27-39(37)50(42)29-53-19-21-56(2,3)4/h9-11,13-16,23-25H,8,12,18-22,26-30H2,1-7H3,(H,46,52). The molecule has 5 aromatic rings. The SMILES string of the molecule is CCc1cc(OCc2ccccc2)c(F)cc1-c1ccc2c(-c3nc4c(n3COCC[Si](C)(C)C)CN(C(=O)NCCC#N)C4)nn(COCC[Si](C)(C)C)c2c1. The summed E-state index contributed by atoms with van der Waals surface area (Å²) in [6.45, 7) is 19.0.